The van der Waals surface area contributed by atoms with Crippen molar-refractivity contribution in [2.75, 3.05) is 24.1 Å². The summed E-state index contributed by atoms with van der Waals surface area (Å²) in [6.45, 7) is 0. The van der Waals surface area contributed by atoms with Gasteiger partial charge in [-0.15, -0.1) is 23.4 Å². The summed E-state index contributed by atoms with van der Waals surface area (Å²) < 4.78 is 0. The average Bonchev–Trinajstić information content (AvgIpc) is 2.56. The van der Waals surface area contributed by atoms with E-state index >= 15 is 0 Å². The number of para-hydroxylation sites is 1. The quantitative estimate of drug-likeness (QED) is 0.384. The molecular formula is C17H20ClN3S. The van der Waals surface area contributed by atoms with Crippen molar-refractivity contribution in [2.24, 2.45) is 10.7 Å². The van der Waals surface area contributed by atoms with Crippen LogP contribution in [0, 0.1) is 0 Å². The monoisotopic (exact) mass is 333 g/mol. The van der Waals surface area contributed by atoms with E-state index in [9.17, 15) is 0 Å². The van der Waals surface area contributed by atoms with Crippen LogP contribution in [-0.2, 0) is 6.42 Å². The second-order valence-electron chi connectivity index (χ2n) is 4.80. The van der Waals surface area contributed by atoms with Gasteiger partial charge in [0.25, 0.3) is 0 Å². The smallest absolute Gasteiger partial charge is 0.200 e. The molecule has 0 aliphatic rings. The number of aryl methyl sites for hydroxylation is 1. The predicted octanol–water partition coefficient (Wildman–Crippen LogP) is 4.27. The zero-order chi connectivity index (χ0) is 15.9. The number of nitrogens with two attached hydrogens (primary N) is 1. The molecule has 2 aromatic carbocycles. The summed E-state index contributed by atoms with van der Waals surface area (Å²) in [5.74, 6) is 1.03. The minimum Gasteiger partial charge on any atom is -0.369 e. The number of halogens is 1. The summed E-state index contributed by atoms with van der Waals surface area (Å²) >= 11 is 7.55. The molecule has 3 nitrogen and oxygen atoms in total. The van der Waals surface area contributed by atoms with Crippen molar-refractivity contribution in [3.8, 4) is 0 Å². The summed E-state index contributed by atoms with van der Waals surface area (Å²) in [5.41, 5.74) is 9.16. The maximum Gasteiger partial charge on any atom is 0.200 e. The highest BCUT2D eigenvalue weighted by atomic mass is 35.5. The first-order chi connectivity index (χ1) is 10.7. The van der Waals surface area contributed by atoms with Gasteiger partial charge in [-0.05, 0) is 42.5 Å². The minimum absolute atomic E-state index is 0.459. The van der Waals surface area contributed by atoms with E-state index in [1.807, 2.05) is 48.3 Å². The van der Waals surface area contributed by atoms with Crippen LogP contribution in [0.4, 0.5) is 11.4 Å². The third kappa shape index (κ3) is 4.18. The fraction of sp³-hybridized carbons (Fsp3) is 0.235. The average molecular weight is 334 g/mol. The van der Waals surface area contributed by atoms with Gasteiger partial charge in [0, 0.05) is 23.5 Å². The van der Waals surface area contributed by atoms with Crippen LogP contribution < -0.4 is 10.6 Å². The number of anilines is 1. The predicted molar refractivity (Wildman–Crippen MR) is 98.8 cm³/mol. The van der Waals surface area contributed by atoms with Crippen molar-refractivity contribution in [3.63, 3.8) is 0 Å². The summed E-state index contributed by atoms with van der Waals surface area (Å²) in [7, 11) is 1.92. The van der Waals surface area contributed by atoms with Crippen molar-refractivity contribution in [1.82, 2.24) is 0 Å². The molecule has 0 spiro atoms. The Kier molecular flexibility index (Phi) is 6.16. The lowest BCUT2D eigenvalue weighted by atomic mass is 10.1. The number of guanidine groups is 1. The SMILES string of the molecule is CSc1cccc(N(C)C(N)=Nc2ccccc2CCCl)c1. The van der Waals surface area contributed by atoms with Crippen molar-refractivity contribution < 1.29 is 0 Å². The Morgan fingerprint density at radius 3 is 2.73 bits per heavy atom. The van der Waals surface area contributed by atoms with Crippen LogP contribution in [0.15, 0.2) is 58.4 Å². The Morgan fingerprint density at radius 2 is 2.00 bits per heavy atom. The number of rotatable bonds is 5. The Bertz CT molecular complexity index is 658. The first kappa shape index (κ1) is 16.7. The highest BCUT2D eigenvalue weighted by Crippen LogP contribution is 2.23. The molecule has 116 valence electrons. The fourth-order valence-corrected chi connectivity index (χ4v) is 2.74. The van der Waals surface area contributed by atoms with Crippen LogP contribution in [0.1, 0.15) is 5.56 Å². The van der Waals surface area contributed by atoms with E-state index in [-0.39, 0.29) is 0 Å². The summed E-state index contributed by atoms with van der Waals surface area (Å²) in [5, 5.41) is 0. The van der Waals surface area contributed by atoms with Gasteiger partial charge in [0.1, 0.15) is 0 Å². The Hall–Kier alpha value is -1.65. The molecule has 0 fully saturated rings. The van der Waals surface area contributed by atoms with Crippen molar-refractivity contribution in [3.05, 3.63) is 54.1 Å². The molecule has 0 unspecified atom stereocenters. The molecule has 0 aliphatic carbocycles. The third-order valence-corrected chi connectivity index (χ3v) is 4.29. The highest BCUT2D eigenvalue weighted by Gasteiger charge is 2.07. The number of aliphatic imine (C=N–C) groups is 1. The zero-order valence-corrected chi connectivity index (χ0v) is 14.4. The number of thioether (sulfide) groups is 1. The van der Waals surface area contributed by atoms with Crippen molar-refractivity contribution in [1.29, 1.82) is 0 Å². The number of alkyl halides is 1. The lowest BCUT2D eigenvalue weighted by Gasteiger charge is -2.19. The lowest BCUT2D eigenvalue weighted by molar-refractivity contribution is 1.13. The standard InChI is InChI=1S/C17H20ClN3S/c1-21(14-7-5-8-15(12-14)22-2)17(19)20-16-9-4-3-6-13(16)10-11-18/h3-9,12H,10-11H2,1-2H3,(H2,19,20). The lowest BCUT2D eigenvalue weighted by Crippen LogP contribution is -2.33. The third-order valence-electron chi connectivity index (χ3n) is 3.37. The molecule has 0 aromatic heterocycles. The van der Waals surface area contributed by atoms with Gasteiger partial charge in [-0.3, -0.25) is 0 Å². The van der Waals surface area contributed by atoms with Gasteiger partial charge < -0.3 is 10.6 Å². The van der Waals surface area contributed by atoms with Gasteiger partial charge >= 0.3 is 0 Å². The molecule has 0 atom stereocenters. The summed E-state index contributed by atoms with van der Waals surface area (Å²) in [6.07, 6.45) is 2.83. The first-order valence-electron chi connectivity index (χ1n) is 7.01. The Morgan fingerprint density at radius 1 is 1.23 bits per heavy atom. The molecule has 0 aliphatic heterocycles. The molecule has 0 radical (unpaired) electrons. The molecule has 2 rings (SSSR count). The largest absolute Gasteiger partial charge is 0.369 e. The number of hydrogen-bond donors (Lipinski definition) is 1. The second-order valence-corrected chi connectivity index (χ2v) is 6.06. The fourth-order valence-electron chi connectivity index (χ4n) is 2.08. The Labute approximate surface area is 141 Å². The van der Waals surface area contributed by atoms with E-state index < -0.39 is 0 Å². The van der Waals surface area contributed by atoms with Gasteiger partial charge in [0.2, 0.25) is 5.96 Å². The molecule has 0 saturated carbocycles. The Balaban J connectivity index is 2.28. The summed E-state index contributed by atoms with van der Waals surface area (Å²) in [6, 6.07) is 16.1. The van der Waals surface area contributed by atoms with E-state index in [4.69, 9.17) is 17.3 Å². The number of nitrogens with zero attached hydrogens (tertiary/aromatic N) is 2. The van der Waals surface area contributed by atoms with Gasteiger partial charge in [-0.2, -0.15) is 0 Å². The molecule has 2 aromatic rings. The van der Waals surface area contributed by atoms with E-state index in [0.717, 1.165) is 23.4 Å². The van der Waals surface area contributed by atoms with Crippen LogP contribution >= 0.6 is 23.4 Å². The molecule has 2 N–H and O–H groups in total. The normalized spacial score (nSPS) is 11.5. The molecule has 5 heteroatoms. The molecule has 0 saturated heterocycles. The van der Waals surface area contributed by atoms with Gasteiger partial charge in [-0.1, -0.05) is 24.3 Å². The van der Waals surface area contributed by atoms with E-state index in [0.29, 0.717) is 11.8 Å². The topological polar surface area (TPSA) is 41.6 Å². The zero-order valence-electron chi connectivity index (χ0n) is 12.8. The van der Waals surface area contributed by atoms with Crippen molar-refractivity contribution in [2.45, 2.75) is 11.3 Å². The van der Waals surface area contributed by atoms with Crippen LogP contribution in [0.5, 0.6) is 0 Å². The minimum atomic E-state index is 0.459. The number of hydrogen-bond acceptors (Lipinski definition) is 2. The summed E-state index contributed by atoms with van der Waals surface area (Å²) in [4.78, 5) is 7.64. The van der Waals surface area contributed by atoms with Gasteiger partial charge in [0.05, 0.1) is 5.69 Å². The van der Waals surface area contributed by atoms with Crippen LogP contribution in [0.2, 0.25) is 0 Å². The molecule has 22 heavy (non-hydrogen) atoms. The number of benzene rings is 2. The van der Waals surface area contributed by atoms with Crippen LogP contribution in [0.3, 0.4) is 0 Å². The van der Waals surface area contributed by atoms with Crippen molar-refractivity contribution >= 4 is 40.7 Å². The van der Waals surface area contributed by atoms with E-state index in [2.05, 4.69) is 23.4 Å². The molecule has 0 bridgehead atoms. The van der Waals surface area contributed by atoms with Crippen LogP contribution in [-0.4, -0.2) is 25.1 Å². The van der Waals surface area contributed by atoms with Crippen LogP contribution in [0.25, 0.3) is 0 Å². The maximum atomic E-state index is 6.17. The molecule has 0 heterocycles. The van der Waals surface area contributed by atoms with Gasteiger partial charge in [-0.25, -0.2) is 4.99 Å². The van der Waals surface area contributed by atoms with Gasteiger partial charge in [0.15, 0.2) is 0 Å². The van der Waals surface area contributed by atoms with E-state index in [1.165, 1.54) is 4.90 Å². The molecule has 0 amide bonds. The second kappa shape index (κ2) is 8.11. The maximum absolute atomic E-state index is 6.17. The highest BCUT2D eigenvalue weighted by molar-refractivity contribution is 7.98. The molecular weight excluding hydrogens is 314 g/mol. The first-order valence-corrected chi connectivity index (χ1v) is 8.77. The van der Waals surface area contributed by atoms with E-state index in [1.54, 1.807) is 11.8 Å².